The Kier molecular flexibility index (Phi) is 4.74. The van der Waals surface area contributed by atoms with Gasteiger partial charge in [-0.2, -0.15) is 16.9 Å². The van der Waals surface area contributed by atoms with Gasteiger partial charge in [-0.25, -0.2) is 0 Å². The first kappa shape index (κ1) is 15.4. The molecule has 2 heterocycles. The fraction of sp³-hybridized carbons (Fsp3) is 0.375. The molecular formula is C16H18ClN3OS. The molecule has 1 aliphatic heterocycles. The highest BCUT2D eigenvalue weighted by atomic mass is 35.5. The van der Waals surface area contributed by atoms with Crippen LogP contribution < -0.4 is 0 Å². The molecule has 0 saturated carbocycles. The lowest BCUT2D eigenvalue weighted by molar-refractivity contribution is 0.0789. The summed E-state index contributed by atoms with van der Waals surface area (Å²) >= 11 is 8.08. The molecule has 4 nitrogen and oxygen atoms in total. The maximum Gasteiger partial charge on any atom is 0.257 e. The number of aromatic nitrogens is 2. The zero-order chi connectivity index (χ0) is 15.5. The number of H-pyrrole nitrogens is 1. The lowest BCUT2D eigenvalue weighted by atomic mass is 10.1. The van der Waals surface area contributed by atoms with Crippen molar-refractivity contribution in [2.24, 2.45) is 5.92 Å². The number of aromatic amines is 1. The zero-order valence-electron chi connectivity index (χ0n) is 12.4. The Morgan fingerprint density at radius 1 is 1.50 bits per heavy atom. The number of thioether (sulfide) groups is 1. The summed E-state index contributed by atoms with van der Waals surface area (Å²) in [5.74, 6) is 1.73. The number of hydrogen-bond donors (Lipinski definition) is 1. The predicted molar refractivity (Wildman–Crippen MR) is 91.4 cm³/mol. The first-order valence-electron chi connectivity index (χ1n) is 7.27. The molecule has 1 amide bonds. The Bertz CT molecular complexity index is 673. The summed E-state index contributed by atoms with van der Waals surface area (Å²) in [4.78, 5) is 14.7. The molecule has 116 valence electrons. The molecule has 2 aromatic rings. The fourth-order valence-electron chi connectivity index (χ4n) is 2.88. The van der Waals surface area contributed by atoms with Crippen molar-refractivity contribution < 1.29 is 4.79 Å². The summed E-state index contributed by atoms with van der Waals surface area (Å²) in [6.45, 7) is 1.64. The van der Waals surface area contributed by atoms with E-state index in [0.29, 0.717) is 22.2 Å². The molecule has 1 aromatic heterocycles. The van der Waals surface area contributed by atoms with Crippen LogP contribution in [0, 0.1) is 5.92 Å². The van der Waals surface area contributed by atoms with Gasteiger partial charge in [0.15, 0.2) is 0 Å². The van der Waals surface area contributed by atoms with Crippen molar-refractivity contribution in [1.29, 1.82) is 0 Å². The van der Waals surface area contributed by atoms with Crippen LogP contribution in [0.15, 0.2) is 30.5 Å². The molecule has 1 aromatic carbocycles. The maximum absolute atomic E-state index is 12.8. The van der Waals surface area contributed by atoms with Crippen LogP contribution in [0.3, 0.4) is 0 Å². The smallest absolute Gasteiger partial charge is 0.257 e. The van der Waals surface area contributed by atoms with Gasteiger partial charge >= 0.3 is 0 Å². The molecular weight excluding hydrogens is 318 g/mol. The Hall–Kier alpha value is -1.46. The summed E-state index contributed by atoms with van der Waals surface area (Å²) in [5.41, 5.74) is 2.10. The summed E-state index contributed by atoms with van der Waals surface area (Å²) < 4.78 is 0. The molecule has 0 radical (unpaired) electrons. The van der Waals surface area contributed by atoms with Gasteiger partial charge in [0.1, 0.15) is 0 Å². The van der Waals surface area contributed by atoms with Crippen LogP contribution in [0.2, 0.25) is 5.02 Å². The minimum absolute atomic E-state index is 0.0345. The Morgan fingerprint density at radius 3 is 3.09 bits per heavy atom. The Morgan fingerprint density at radius 2 is 2.32 bits per heavy atom. The van der Waals surface area contributed by atoms with Crippen molar-refractivity contribution in [2.75, 3.05) is 25.1 Å². The van der Waals surface area contributed by atoms with Gasteiger partial charge < -0.3 is 4.90 Å². The summed E-state index contributed by atoms with van der Waals surface area (Å²) in [5, 5.41) is 7.58. The minimum atomic E-state index is 0.0345. The van der Waals surface area contributed by atoms with Crippen molar-refractivity contribution in [3.63, 3.8) is 0 Å². The van der Waals surface area contributed by atoms with E-state index in [1.807, 2.05) is 40.9 Å². The molecule has 1 saturated heterocycles. The highest BCUT2D eigenvalue weighted by Crippen LogP contribution is 2.30. The lowest BCUT2D eigenvalue weighted by Gasteiger charge is -2.16. The summed E-state index contributed by atoms with van der Waals surface area (Å²) in [7, 11) is 0. The van der Waals surface area contributed by atoms with E-state index in [1.165, 1.54) is 0 Å². The van der Waals surface area contributed by atoms with Crippen LogP contribution in [0.5, 0.6) is 0 Å². The van der Waals surface area contributed by atoms with E-state index < -0.39 is 0 Å². The maximum atomic E-state index is 12.8. The number of amides is 1. The first-order chi connectivity index (χ1) is 10.7. The van der Waals surface area contributed by atoms with Gasteiger partial charge in [0.05, 0.1) is 17.5 Å². The molecule has 3 rings (SSSR count). The van der Waals surface area contributed by atoms with Crippen molar-refractivity contribution in [3.05, 3.63) is 41.0 Å². The largest absolute Gasteiger partial charge is 0.338 e. The number of nitrogens with zero attached hydrogens (tertiary/aromatic N) is 2. The monoisotopic (exact) mass is 335 g/mol. The second-order valence-corrected chi connectivity index (χ2v) is 6.82. The van der Waals surface area contributed by atoms with Crippen LogP contribution in [-0.2, 0) is 0 Å². The van der Waals surface area contributed by atoms with Gasteiger partial charge in [0.2, 0.25) is 0 Å². The number of nitrogens with one attached hydrogen (secondary N) is 1. The third-order valence-electron chi connectivity index (χ3n) is 3.99. The van der Waals surface area contributed by atoms with Crippen LogP contribution in [-0.4, -0.2) is 46.1 Å². The molecule has 1 N–H and O–H groups in total. The number of likely N-dealkylation sites (tertiary alicyclic amines) is 1. The first-order valence-corrected chi connectivity index (χ1v) is 9.04. The zero-order valence-corrected chi connectivity index (χ0v) is 14.0. The van der Waals surface area contributed by atoms with E-state index in [0.717, 1.165) is 30.8 Å². The second kappa shape index (κ2) is 6.75. The van der Waals surface area contributed by atoms with E-state index in [-0.39, 0.29) is 5.91 Å². The van der Waals surface area contributed by atoms with Gasteiger partial charge in [-0.05, 0) is 30.4 Å². The standard InChI is InChI=1S/C16H18ClN3OS/c1-22-10-11-6-7-20(9-11)16(21)13-8-18-19-15(13)12-4-2-3-5-14(12)17/h2-5,8,11H,6-7,9-10H2,1H3,(H,18,19)/t11-/m0/s1. The third-order valence-corrected chi connectivity index (χ3v) is 5.12. The lowest BCUT2D eigenvalue weighted by Crippen LogP contribution is -2.29. The van der Waals surface area contributed by atoms with E-state index in [9.17, 15) is 4.79 Å². The highest BCUT2D eigenvalue weighted by molar-refractivity contribution is 7.98. The summed E-state index contributed by atoms with van der Waals surface area (Å²) in [6, 6.07) is 7.49. The molecule has 1 aliphatic rings. The normalized spacial score (nSPS) is 17.9. The quantitative estimate of drug-likeness (QED) is 0.929. The van der Waals surface area contributed by atoms with Crippen molar-refractivity contribution in [1.82, 2.24) is 15.1 Å². The minimum Gasteiger partial charge on any atom is -0.338 e. The van der Waals surface area contributed by atoms with Crippen LogP contribution in [0.1, 0.15) is 16.8 Å². The molecule has 0 spiro atoms. The summed E-state index contributed by atoms with van der Waals surface area (Å²) in [6.07, 6.45) is 4.78. The number of rotatable bonds is 4. The van der Waals surface area contributed by atoms with Gasteiger partial charge in [0, 0.05) is 23.7 Å². The number of carbonyl (C=O) groups is 1. The fourth-order valence-corrected chi connectivity index (χ4v) is 3.85. The SMILES string of the molecule is CSC[C@H]1CCN(C(=O)c2cn[nH]c2-c2ccccc2Cl)C1. The Labute approximate surface area is 139 Å². The van der Waals surface area contributed by atoms with E-state index >= 15 is 0 Å². The average molecular weight is 336 g/mol. The molecule has 0 aliphatic carbocycles. The Balaban J connectivity index is 1.84. The van der Waals surface area contributed by atoms with Crippen LogP contribution >= 0.6 is 23.4 Å². The number of carbonyl (C=O) groups excluding carboxylic acids is 1. The van der Waals surface area contributed by atoms with Gasteiger partial charge in [-0.15, -0.1) is 0 Å². The topological polar surface area (TPSA) is 49.0 Å². The van der Waals surface area contributed by atoms with Crippen molar-refractivity contribution in [2.45, 2.75) is 6.42 Å². The van der Waals surface area contributed by atoms with Crippen LogP contribution in [0.4, 0.5) is 0 Å². The van der Waals surface area contributed by atoms with Crippen molar-refractivity contribution in [3.8, 4) is 11.3 Å². The third kappa shape index (κ3) is 3.01. The molecule has 22 heavy (non-hydrogen) atoms. The van der Waals surface area contributed by atoms with E-state index in [2.05, 4.69) is 16.5 Å². The highest BCUT2D eigenvalue weighted by Gasteiger charge is 2.29. The number of hydrogen-bond acceptors (Lipinski definition) is 3. The van der Waals surface area contributed by atoms with Gasteiger partial charge in [-0.1, -0.05) is 29.8 Å². The molecule has 6 heteroatoms. The van der Waals surface area contributed by atoms with Gasteiger partial charge in [-0.3, -0.25) is 9.89 Å². The average Bonchev–Trinajstić information content (AvgIpc) is 3.16. The number of halogens is 1. The number of benzene rings is 1. The van der Waals surface area contributed by atoms with E-state index in [1.54, 1.807) is 6.20 Å². The molecule has 0 unspecified atom stereocenters. The second-order valence-electron chi connectivity index (χ2n) is 5.50. The molecule has 1 fully saturated rings. The molecule has 1 atom stereocenters. The van der Waals surface area contributed by atoms with Crippen molar-refractivity contribution >= 4 is 29.3 Å². The van der Waals surface area contributed by atoms with Gasteiger partial charge in [0.25, 0.3) is 5.91 Å². The molecule has 0 bridgehead atoms. The van der Waals surface area contributed by atoms with Crippen LogP contribution in [0.25, 0.3) is 11.3 Å². The predicted octanol–water partition coefficient (Wildman–Crippen LogP) is 3.56. The van der Waals surface area contributed by atoms with E-state index in [4.69, 9.17) is 11.6 Å².